The molecule has 0 aromatic heterocycles. The van der Waals surface area contributed by atoms with Gasteiger partial charge in [-0.2, -0.15) is 11.8 Å². The van der Waals surface area contributed by atoms with Crippen molar-refractivity contribution in [1.29, 1.82) is 0 Å². The van der Waals surface area contributed by atoms with Crippen molar-refractivity contribution in [3.05, 3.63) is 0 Å². The average Bonchev–Trinajstić information content (AvgIpc) is 2.31. The Morgan fingerprint density at radius 2 is 1.88 bits per heavy atom. The maximum atomic E-state index is 10.5. The molecular weight excluding hydrogens is 298 g/mol. The van der Waals surface area contributed by atoms with Crippen LogP contribution in [0.15, 0.2) is 0 Å². The quantitative estimate of drug-likeness (QED) is 0.445. The summed E-state index contributed by atoms with van der Waals surface area (Å²) >= 11 is 4.71. The molecule has 0 fully saturated rings. The zero-order chi connectivity index (χ0) is 13.0. The Hall–Kier alpha value is 0.180. The maximum absolute atomic E-state index is 10.5. The predicted molar refractivity (Wildman–Crippen MR) is 70.0 cm³/mol. The molecule has 1 atom stereocenters. The molecule has 0 amide bonds. The number of rotatable bonds is 6. The van der Waals surface area contributed by atoms with Gasteiger partial charge in [0.15, 0.2) is 6.29 Å². The van der Waals surface area contributed by atoms with Crippen LogP contribution >= 0.6 is 27.7 Å². The number of ether oxygens (including phenoxy) is 3. The topological polar surface area (TPSA) is 70.8 Å². The van der Waals surface area contributed by atoms with Gasteiger partial charge < -0.3 is 19.9 Å². The molecule has 16 heavy (non-hydrogen) atoms. The fraction of sp³-hybridized carbons (Fsp3) is 0.889. The fourth-order valence-corrected chi connectivity index (χ4v) is 1.65. The van der Waals surface area contributed by atoms with E-state index >= 15 is 0 Å². The second kappa shape index (κ2) is 13.2. The molecule has 98 valence electrons. The number of nitrogens with two attached hydrogens (primary N) is 1. The second-order valence-electron chi connectivity index (χ2n) is 2.64. The van der Waals surface area contributed by atoms with E-state index in [1.54, 1.807) is 14.2 Å². The van der Waals surface area contributed by atoms with Gasteiger partial charge in [0.05, 0.1) is 12.4 Å². The summed E-state index contributed by atoms with van der Waals surface area (Å²) in [5.74, 6) is 0.275. The van der Waals surface area contributed by atoms with Crippen LogP contribution in [0.3, 0.4) is 0 Å². The van der Waals surface area contributed by atoms with Crippen molar-refractivity contribution in [1.82, 2.24) is 0 Å². The molecule has 5 nitrogen and oxygen atoms in total. The summed E-state index contributed by atoms with van der Waals surface area (Å²) < 4.78 is 13.9. The van der Waals surface area contributed by atoms with Gasteiger partial charge in [0.2, 0.25) is 0 Å². The lowest BCUT2D eigenvalue weighted by Gasteiger charge is -2.07. The van der Waals surface area contributed by atoms with Crippen LogP contribution < -0.4 is 5.73 Å². The number of hydrogen-bond acceptors (Lipinski definition) is 6. The van der Waals surface area contributed by atoms with Crippen molar-refractivity contribution < 1.29 is 19.0 Å². The number of carbonyl (C=O) groups excluding carboxylic acids is 1. The normalized spacial score (nSPS) is 11.7. The van der Waals surface area contributed by atoms with E-state index in [9.17, 15) is 4.79 Å². The molecule has 0 aliphatic carbocycles. The number of methoxy groups -OCH3 is 3. The lowest BCUT2D eigenvalue weighted by Crippen LogP contribution is -2.33. The second-order valence-corrected chi connectivity index (χ2v) is 4.20. The molecule has 0 saturated carbocycles. The standard InChI is InChI=1S/C5H11NO2S.C4H9BrO2/c1-8-5(7)4(6)3-9-2;1-6-4(3-5)7-2/h4H,3,6H2,1-2H3;4H,3H2,1-2H3. The van der Waals surface area contributed by atoms with Crippen LogP contribution in [0.5, 0.6) is 0 Å². The number of halogens is 1. The highest BCUT2D eigenvalue weighted by Crippen LogP contribution is 1.95. The van der Waals surface area contributed by atoms with E-state index in [0.717, 1.165) is 5.33 Å². The van der Waals surface area contributed by atoms with E-state index in [1.807, 2.05) is 6.26 Å². The minimum atomic E-state index is -0.468. The number of carbonyl (C=O) groups is 1. The third-order valence-corrected chi connectivity index (χ3v) is 2.72. The fourth-order valence-electron chi connectivity index (χ4n) is 0.621. The van der Waals surface area contributed by atoms with Gasteiger partial charge in [0.25, 0.3) is 0 Å². The van der Waals surface area contributed by atoms with Gasteiger partial charge in [0.1, 0.15) is 6.04 Å². The first kappa shape index (κ1) is 18.5. The van der Waals surface area contributed by atoms with E-state index in [0.29, 0.717) is 5.75 Å². The summed E-state index contributed by atoms with van der Waals surface area (Å²) in [5, 5.41) is 0.722. The van der Waals surface area contributed by atoms with Crippen molar-refractivity contribution in [2.75, 3.05) is 38.7 Å². The average molecular weight is 318 g/mol. The Labute approximate surface area is 109 Å². The number of thioether (sulfide) groups is 1. The van der Waals surface area contributed by atoms with Crippen molar-refractivity contribution in [2.24, 2.45) is 5.73 Å². The highest BCUT2D eigenvalue weighted by Gasteiger charge is 2.11. The first-order chi connectivity index (χ1) is 7.56. The van der Waals surface area contributed by atoms with Gasteiger partial charge in [-0.3, -0.25) is 4.79 Å². The van der Waals surface area contributed by atoms with Crippen molar-refractivity contribution in [3.8, 4) is 0 Å². The molecule has 2 N–H and O–H groups in total. The molecule has 7 heteroatoms. The first-order valence-electron chi connectivity index (χ1n) is 4.51. The molecule has 0 aromatic carbocycles. The van der Waals surface area contributed by atoms with Crippen LogP contribution in [0.2, 0.25) is 0 Å². The van der Waals surface area contributed by atoms with Crippen molar-refractivity contribution in [3.63, 3.8) is 0 Å². The monoisotopic (exact) mass is 317 g/mol. The molecular formula is C9H20BrNO4S. The summed E-state index contributed by atoms with van der Waals surface area (Å²) in [6, 6.07) is -0.468. The third kappa shape index (κ3) is 10.7. The highest BCUT2D eigenvalue weighted by atomic mass is 79.9. The summed E-state index contributed by atoms with van der Waals surface area (Å²) in [6.45, 7) is 0. The van der Waals surface area contributed by atoms with Crippen molar-refractivity contribution in [2.45, 2.75) is 12.3 Å². The maximum Gasteiger partial charge on any atom is 0.323 e. The smallest absolute Gasteiger partial charge is 0.323 e. The van der Waals surface area contributed by atoms with Crippen LogP contribution in [-0.2, 0) is 19.0 Å². The molecule has 0 aliphatic heterocycles. The molecule has 1 unspecified atom stereocenters. The van der Waals surface area contributed by atoms with Crippen molar-refractivity contribution >= 4 is 33.7 Å². The van der Waals surface area contributed by atoms with Crippen LogP contribution in [0.25, 0.3) is 0 Å². The zero-order valence-electron chi connectivity index (χ0n) is 10.1. The SMILES string of the molecule is COC(=O)C(N)CSC.COC(CBr)OC. The molecule has 0 heterocycles. The Morgan fingerprint density at radius 1 is 1.38 bits per heavy atom. The summed E-state index contributed by atoms with van der Waals surface area (Å²) in [5.41, 5.74) is 5.34. The number of esters is 1. The van der Waals surface area contributed by atoms with Crippen LogP contribution in [0.1, 0.15) is 0 Å². The largest absolute Gasteiger partial charge is 0.468 e. The zero-order valence-corrected chi connectivity index (χ0v) is 12.5. The Balaban J connectivity index is 0. The summed E-state index contributed by atoms with van der Waals surface area (Å²) in [4.78, 5) is 10.5. The van der Waals surface area contributed by atoms with Gasteiger partial charge in [-0.1, -0.05) is 15.9 Å². The van der Waals surface area contributed by atoms with Crippen LogP contribution in [0, 0.1) is 0 Å². The van der Waals surface area contributed by atoms with Gasteiger partial charge >= 0.3 is 5.97 Å². The molecule has 0 bridgehead atoms. The minimum Gasteiger partial charge on any atom is -0.468 e. The summed E-state index contributed by atoms with van der Waals surface area (Å²) in [6.07, 6.45) is 1.79. The molecule has 0 aromatic rings. The number of alkyl halides is 1. The molecule has 0 aliphatic rings. The van der Waals surface area contributed by atoms with E-state index < -0.39 is 6.04 Å². The minimum absolute atomic E-state index is 0.0972. The Bertz CT molecular complexity index is 164. The van der Waals surface area contributed by atoms with Gasteiger partial charge in [-0.05, 0) is 6.26 Å². The predicted octanol–water partition coefficient (Wildman–Crippen LogP) is 0.850. The number of hydrogen-bond donors (Lipinski definition) is 1. The first-order valence-corrected chi connectivity index (χ1v) is 7.02. The van der Waals surface area contributed by atoms with Crippen LogP contribution in [-0.4, -0.2) is 57.0 Å². The van der Waals surface area contributed by atoms with Gasteiger partial charge in [-0.25, -0.2) is 0 Å². The molecule has 0 spiro atoms. The summed E-state index contributed by atoms with van der Waals surface area (Å²) in [7, 11) is 4.55. The lowest BCUT2D eigenvalue weighted by molar-refractivity contribution is -0.141. The molecule has 0 saturated heterocycles. The Morgan fingerprint density at radius 3 is 2.06 bits per heavy atom. The Kier molecular flexibility index (Phi) is 15.4. The van der Waals surface area contributed by atoms with E-state index in [4.69, 9.17) is 15.2 Å². The van der Waals surface area contributed by atoms with E-state index in [2.05, 4.69) is 20.7 Å². The molecule has 0 radical (unpaired) electrons. The van der Waals surface area contributed by atoms with Gasteiger partial charge in [0, 0.05) is 20.0 Å². The highest BCUT2D eigenvalue weighted by molar-refractivity contribution is 9.09. The molecule has 0 rings (SSSR count). The third-order valence-electron chi connectivity index (χ3n) is 1.50. The lowest BCUT2D eigenvalue weighted by atomic mass is 10.4. The van der Waals surface area contributed by atoms with Crippen LogP contribution in [0.4, 0.5) is 0 Å². The van der Waals surface area contributed by atoms with Gasteiger partial charge in [-0.15, -0.1) is 0 Å². The van der Waals surface area contributed by atoms with E-state index in [1.165, 1.54) is 18.9 Å². The van der Waals surface area contributed by atoms with E-state index in [-0.39, 0.29) is 12.3 Å².